The summed E-state index contributed by atoms with van der Waals surface area (Å²) in [4.78, 5) is 49.4. The minimum absolute atomic E-state index is 0.0671. The molecule has 0 aliphatic carbocycles. The smallest absolute Gasteiger partial charge is 0.264 e. The first kappa shape index (κ1) is 38.9. The molecule has 0 bridgehead atoms. The zero-order chi connectivity index (χ0) is 40.1. The lowest BCUT2D eigenvalue weighted by Gasteiger charge is -2.37. The molecule has 3 N–H and O–H groups in total. The summed E-state index contributed by atoms with van der Waals surface area (Å²) in [5, 5.41) is 15.8. The van der Waals surface area contributed by atoms with Crippen LogP contribution in [0.4, 0.5) is 11.4 Å². The first-order valence-electron chi connectivity index (χ1n) is 19.7. The van der Waals surface area contributed by atoms with E-state index >= 15 is 4.79 Å². The van der Waals surface area contributed by atoms with Gasteiger partial charge in [0.15, 0.2) is 5.60 Å². The molecular formula is C45H49ClN4O6Si. The normalized spacial score (nSPS) is 23.1. The maximum atomic E-state index is 15.3. The third-order valence-electron chi connectivity index (χ3n) is 12.7. The number of fused-ring (bicyclic) bond motifs is 3. The van der Waals surface area contributed by atoms with Crippen molar-refractivity contribution in [3.8, 4) is 5.75 Å². The molecule has 12 heteroatoms. The van der Waals surface area contributed by atoms with Crippen LogP contribution in [-0.2, 0) is 37.7 Å². The minimum Gasteiger partial charge on any atom is -0.497 e. The van der Waals surface area contributed by atoms with Crippen LogP contribution in [0.15, 0.2) is 97.2 Å². The van der Waals surface area contributed by atoms with Crippen molar-refractivity contribution in [2.75, 3.05) is 30.5 Å². The molecule has 0 radical (unpaired) electrons. The number of H-pyrrole nitrogens is 1. The fourth-order valence-electron chi connectivity index (χ4n) is 9.87. The number of para-hydroxylation sites is 1. The van der Waals surface area contributed by atoms with E-state index in [2.05, 4.69) is 42.5 Å². The van der Waals surface area contributed by atoms with Crippen LogP contribution in [0.1, 0.15) is 42.9 Å². The van der Waals surface area contributed by atoms with Crippen molar-refractivity contribution in [3.63, 3.8) is 0 Å². The molecule has 5 atom stereocenters. The summed E-state index contributed by atoms with van der Waals surface area (Å²) in [7, 11) is -0.857. The van der Waals surface area contributed by atoms with Crippen LogP contribution in [0.25, 0.3) is 10.9 Å². The molecule has 10 nitrogen and oxygen atoms in total. The van der Waals surface area contributed by atoms with Crippen molar-refractivity contribution >= 4 is 64.9 Å². The fourth-order valence-corrected chi connectivity index (χ4v) is 14.1. The van der Waals surface area contributed by atoms with E-state index in [1.54, 1.807) is 23.0 Å². The number of likely N-dealkylation sites (tertiary alicyclic amines) is 1. The second-order valence-corrected chi connectivity index (χ2v) is 21.4. The lowest BCUT2D eigenvalue weighted by atomic mass is 9.82. The number of nitrogens with one attached hydrogen (secondary N) is 2. The Balaban J connectivity index is 1.11. The topological polar surface area (TPSA) is 124 Å². The van der Waals surface area contributed by atoms with Gasteiger partial charge in [-0.2, -0.15) is 0 Å². The number of aliphatic hydroxyl groups excluding tert-OH is 1. The number of aliphatic hydroxyl groups is 1. The predicted molar refractivity (Wildman–Crippen MR) is 226 cm³/mol. The molecule has 296 valence electrons. The van der Waals surface area contributed by atoms with Crippen LogP contribution in [0.2, 0.25) is 23.7 Å². The zero-order valence-electron chi connectivity index (χ0n) is 32.8. The third-order valence-corrected chi connectivity index (χ3v) is 17.3. The summed E-state index contributed by atoms with van der Waals surface area (Å²) in [6, 6.07) is 28.9. The van der Waals surface area contributed by atoms with Crippen LogP contribution < -0.4 is 20.1 Å². The number of hydrogen-bond donors (Lipinski definition) is 3. The zero-order valence-corrected chi connectivity index (χ0v) is 34.5. The highest BCUT2D eigenvalue weighted by Crippen LogP contribution is 2.60. The van der Waals surface area contributed by atoms with Gasteiger partial charge in [0.2, 0.25) is 11.8 Å². The molecule has 1 aromatic heterocycles. The molecule has 3 aliphatic heterocycles. The number of rotatable bonds is 11. The van der Waals surface area contributed by atoms with Gasteiger partial charge in [-0.1, -0.05) is 79.3 Å². The number of ether oxygens (including phenoxy) is 2. The molecule has 0 unspecified atom stereocenters. The van der Waals surface area contributed by atoms with E-state index in [0.717, 1.165) is 40.6 Å². The van der Waals surface area contributed by atoms with E-state index in [1.165, 1.54) is 5.19 Å². The Morgan fingerprint density at radius 1 is 1.05 bits per heavy atom. The standard InChI is InChI=1S/C45H49ClN4O6Si/c1-28-43(57(3,4)35-17-15-34(55-2)16-18-35)40(24-42(53)49-20-8-11-33(49)27-51)56-45(28)37-23-31(46)14-19-39(37)50(44(45)54)26-29-9-7-10-32(21-29)48-41(52)22-30-25-47-38-13-6-5-12-36(30)38/h5-7,9-10,12-19,21,23,25,28,33,40,43,47,51H,8,11,20,22,24,26-27H2,1-4H3,(H,48,52)/t28-,33+,40+,43-,45+/m1/s1. The average Bonchev–Trinajstić information content (AvgIpc) is 3.97. The Labute approximate surface area is 339 Å². The number of aromatic amines is 1. The number of nitrogens with zero attached hydrogens (tertiary/aromatic N) is 2. The second kappa shape index (κ2) is 15.4. The Morgan fingerprint density at radius 2 is 1.84 bits per heavy atom. The number of amides is 3. The van der Waals surface area contributed by atoms with Crippen LogP contribution >= 0.6 is 11.6 Å². The van der Waals surface area contributed by atoms with Gasteiger partial charge in [0, 0.05) is 45.8 Å². The molecular weight excluding hydrogens is 756 g/mol. The third kappa shape index (κ3) is 6.94. The first-order chi connectivity index (χ1) is 27.4. The summed E-state index contributed by atoms with van der Waals surface area (Å²) < 4.78 is 12.7. The van der Waals surface area contributed by atoms with E-state index in [0.29, 0.717) is 28.5 Å². The highest BCUT2D eigenvalue weighted by Gasteiger charge is 2.66. The van der Waals surface area contributed by atoms with E-state index < -0.39 is 19.8 Å². The van der Waals surface area contributed by atoms with Gasteiger partial charge in [-0.05, 0) is 78.0 Å². The molecule has 2 saturated heterocycles. The SMILES string of the molecule is COc1ccc([Si](C)(C)[C@H]2[C@H](CC(=O)N3CCC[C@H]3CO)O[C@@]3(C(=O)N(Cc4cccc(NC(=O)Cc5c[nH]c6ccccc56)c4)c4ccc(Cl)cc43)[C@@H]2C)cc1. The number of halogens is 1. The van der Waals surface area contributed by atoms with E-state index in [-0.39, 0.29) is 61.2 Å². The largest absolute Gasteiger partial charge is 0.497 e. The molecule has 3 amide bonds. The van der Waals surface area contributed by atoms with E-state index in [9.17, 15) is 14.7 Å². The first-order valence-corrected chi connectivity index (χ1v) is 23.2. The van der Waals surface area contributed by atoms with Gasteiger partial charge in [0.05, 0.1) is 59.0 Å². The van der Waals surface area contributed by atoms with Gasteiger partial charge in [0.25, 0.3) is 5.91 Å². The maximum Gasteiger partial charge on any atom is 0.264 e. The number of hydrogen-bond acceptors (Lipinski definition) is 6. The van der Waals surface area contributed by atoms with Gasteiger partial charge in [-0.3, -0.25) is 14.4 Å². The summed E-state index contributed by atoms with van der Waals surface area (Å²) in [5.41, 5.74) is 3.24. The van der Waals surface area contributed by atoms with Crippen molar-refractivity contribution < 1.29 is 29.0 Å². The predicted octanol–water partition coefficient (Wildman–Crippen LogP) is 7.15. The van der Waals surface area contributed by atoms with Gasteiger partial charge in [-0.15, -0.1) is 0 Å². The van der Waals surface area contributed by atoms with Gasteiger partial charge in [-0.25, -0.2) is 0 Å². The molecule has 8 rings (SSSR count). The van der Waals surface area contributed by atoms with Crippen LogP contribution in [0, 0.1) is 5.92 Å². The molecule has 4 heterocycles. The number of benzene rings is 4. The van der Waals surface area contributed by atoms with E-state index in [1.807, 2.05) is 79.0 Å². The monoisotopic (exact) mass is 804 g/mol. The van der Waals surface area contributed by atoms with Crippen molar-refractivity contribution in [1.82, 2.24) is 9.88 Å². The number of carbonyl (C=O) groups is 3. The molecule has 57 heavy (non-hydrogen) atoms. The Morgan fingerprint density at radius 3 is 2.61 bits per heavy atom. The van der Waals surface area contributed by atoms with Gasteiger partial charge in [0.1, 0.15) is 5.75 Å². The number of anilines is 2. The highest BCUT2D eigenvalue weighted by molar-refractivity contribution is 6.91. The molecule has 3 aliphatic rings. The van der Waals surface area contributed by atoms with Crippen molar-refractivity contribution in [2.24, 2.45) is 5.92 Å². The Kier molecular flexibility index (Phi) is 10.5. The Hall–Kier alpha value is -4.94. The maximum absolute atomic E-state index is 15.3. The number of methoxy groups -OCH3 is 1. The van der Waals surface area contributed by atoms with Crippen LogP contribution in [0.3, 0.4) is 0 Å². The summed E-state index contributed by atoms with van der Waals surface area (Å²) in [6.45, 7) is 7.41. The molecule has 2 fully saturated rings. The highest BCUT2D eigenvalue weighted by atomic mass is 35.5. The minimum atomic E-state index is -2.50. The quantitative estimate of drug-likeness (QED) is 0.122. The van der Waals surface area contributed by atoms with Crippen molar-refractivity contribution in [1.29, 1.82) is 0 Å². The number of carbonyl (C=O) groups excluding carboxylic acids is 3. The van der Waals surface area contributed by atoms with E-state index in [4.69, 9.17) is 21.1 Å². The fraction of sp³-hybridized carbons (Fsp3) is 0.356. The summed E-state index contributed by atoms with van der Waals surface area (Å²) in [6.07, 6.45) is 3.22. The van der Waals surface area contributed by atoms with Crippen LogP contribution in [-0.4, -0.2) is 73.2 Å². The average molecular weight is 805 g/mol. The van der Waals surface area contributed by atoms with Crippen molar-refractivity contribution in [3.05, 3.63) is 119 Å². The summed E-state index contributed by atoms with van der Waals surface area (Å²) in [5.74, 6) is 0.0269. The molecule has 0 saturated carbocycles. The summed E-state index contributed by atoms with van der Waals surface area (Å²) >= 11 is 6.71. The molecule has 4 aromatic carbocycles. The lowest BCUT2D eigenvalue weighted by molar-refractivity contribution is -0.150. The molecule has 5 aromatic rings. The number of aromatic nitrogens is 1. The lowest BCUT2D eigenvalue weighted by Crippen LogP contribution is -2.52. The van der Waals surface area contributed by atoms with Crippen molar-refractivity contribution in [2.45, 2.75) is 75.5 Å². The van der Waals surface area contributed by atoms with Crippen LogP contribution in [0.5, 0.6) is 5.75 Å². The van der Waals surface area contributed by atoms with Gasteiger partial charge < -0.3 is 34.7 Å². The van der Waals surface area contributed by atoms with Gasteiger partial charge >= 0.3 is 0 Å². The second-order valence-electron chi connectivity index (χ2n) is 16.3. The Bertz CT molecular complexity index is 2330. The molecule has 1 spiro atoms.